The quantitative estimate of drug-likeness (QED) is 0.917. The standard InChI is InChI=1S/C15H23FN4O/c1-21-9-14-18-13(10-6-12(17)7-10)8-15(19-14)20-4-2-11(16)3-5-20/h8,10-12H,2-7,9,17H2,1H3. The third-order valence-electron chi connectivity index (χ3n) is 4.39. The van der Waals surface area contributed by atoms with E-state index in [-0.39, 0.29) is 0 Å². The summed E-state index contributed by atoms with van der Waals surface area (Å²) in [6.07, 6.45) is 2.44. The maximum Gasteiger partial charge on any atom is 0.156 e. The number of rotatable bonds is 4. The van der Waals surface area contributed by atoms with Crippen molar-refractivity contribution in [3.63, 3.8) is 0 Å². The van der Waals surface area contributed by atoms with E-state index in [1.807, 2.05) is 6.07 Å². The van der Waals surface area contributed by atoms with Crippen molar-refractivity contribution in [1.29, 1.82) is 0 Å². The fourth-order valence-electron chi connectivity index (χ4n) is 3.05. The Morgan fingerprint density at radius 3 is 2.67 bits per heavy atom. The number of aromatic nitrogens is 2. The van der Waals surface area contributed by atoms with Crippen LogP contribution in [0, 0.1) is 0 Å². The first-order chi connectivity index (χ1) is 10.2. The average molecular weight is 294 g/mol. The van der Waals surface area contributed by atoms with Crippen LogP contribution in [-0.2, 0) is 11.3 Å². The highest BCUT2D eigenvalue weighted by atomic mass is 19.1. The van der Waals surface area contributed by atoms with Crippen molar-refractivity contribution in [2.45, 2.75) is 50.4 Å². The minimum absolute atomic E-state index is 0.293. The van der Waals surface area contributed by atoms with Crippen LogP contribution in [0.5, 0.6) is 0 Å². The van der Waals surface area contributed by atoms with Crippen LogP contribution in [-0.4, -0.2) is 42.4 Å². The molecule has 116 valence electrons. The normalized spacial score (nSPS) is 26.7. The molecule has 0 atom stereocenters. The summed E-state index contributed by atoms with van der Waals surface area (Å²) in [6.45, 7) is 1.83. The molecule has 0 radical (unpaired) electrons. The molecular weight excluding hydrogens is 271 g/mol. The molecule has 21 heavy (non-hydrogen) atoms. The molecule has 0 amide bonds. The minimum atomic E-state index is -0.675. The third-order valence-corrected chi connectivity index (χ3v) is 4.39. The van der Waals surface area contributed by atoms with Crippen molar-refractivity contribution < 1.29 is 9.13 Å². The van der Waals surface area contributed by atoms with Gasteiger partial charge in [0.15, 0.2) is 5.82 Å². The van der Waals surface area contributed by atoms with E-state index in [1.54, 1.807) is 7.11 Å². The first-order valence-corrected chi connectivity index (χ1v) is 7.67. The van der Waals surface area contributed by atoms with Gasteiger partial charge in [0.1, 0.15) is 18.6 Å². The van der Waals surface area contributed by atoms with Crippen LogP contribution >= 0.6 is 0 Å². The first-order valence-electron chi connectivity index (χ1n) is 7.67. The number of nitrogens with zero attached hydrogens (tertiary/aromatic N) is 3. The summed E-state index contributed by atoms with van der Waals surface area (Å²) >= 11 is 0. The number of hydrogen-bond donors (Lipinski definition) is 1. The van der Waals surface area contributed by atoms with Crippen molar-refractivity contribution >= 4 is 5.82 Å². The van der Waals surface area contributed by atoms with Crippen molar-refractivity contribution in [1.82, 2.24) is 9.97 Å². The van der Waals surface area contributed by atoms with Gasteiger partial charge >= 0.3 is 0 Å². The molecule has 1 aromatic heterocycles. The molecule has 1 aliphatic heterocycles. The molecule has 5 nitrogen and oxygen atoms in total. The smallest absolute Gasteiger partial charge is 0.156 e. The molecule has 1 saturated carbocycles. The zero-order valence-corrected chi connectivity index (χ0v) is 12.5. The monoisotopic (exact) mass is 294 g/mol. The summed E-state index contributed by atoms with van der Waals surface area (Å²) in [5, 5.41) is 0. The number of anilines is 1. The van der Waals surface area contributed by atoms with Gasteiger partial charge in [-0.3, -0.25) is 0 Å². The van der Waals surface area contributed by atoms with E-state index in [4.69, 9.17) is 10.5 Å². The molecule has 0 spiro atoms. The van der Waals surface area contributed by atoms with Gasteiger partial charge in [0.2, 0.25) is 0 Å². The van der Waals surface area contributed by atoms with Crippen LogP contribution in [0.25, 0.3) is 0 Å². The maximum absolute atomic E-state index is 13.3. The Morgan fingerprint density at radius 1 is 1.33 bits per heavy atom. The first kappa shape index (κ1) is 14.7. The number of nitrogens with two attached hydrogens (primary N) is 1. The molecule has 0 bridgehead atoms. The van der Waals surface area contributed by atoms with Crippen LogP contribution in [0.2, 0.25) is 0 Å². The molecule has 0 unspecified atom stereocenters. The summed E-state index contributed by atoms with van der Waals surface area (Å²) in [4.78, 5) is 11.3. The van der Waals surface area contributed by atoms with E-state index >= 15 is 0 Å². The van der Waals surface area contributed by atoms with Gasteiger partial charge in [-0.2, -0.15) is 0 Å². The predicted molar refractivity (Wildman–Crippen MR) is 79.0 cm³/mol. The minimum Gasteiger partial charge on any atom is -0.377 e. The van der Waals surface area contributed by atoms with Crippen molar-refractivity contribution in [3.8, 4) is 0 Å². The number of hydrogen-bond acceptors (Lipinski definition) is 5. The second-order valence-electron chi connectivity index (χ2n) is 6.09. The fraction of sp³-hybridized carbons (Fsp3) is 0.733. The Labute approximate surface area is 124 Å². The molecule has 2 heterocycles. The molecule has 1 saturated heterocycles. The summed E-state index contributed by atoms with van der Waals surface area (Å²) in [5.41, 5.74) is 6.93. The molecule has 2 N–H and O–H groups in total. The van der Waals surface area contributed by atoms with E-state index in [1.165, 1.54) is 0 Å². The Bertz CT molecular complexity index is 485. The highest BCUT2D eigenvalue weighted by Crippen LogP contribution is 2.36. The average Bonchev–Trinajstić information content (AvgIpc) is 2.45. The molecular formula is C15H23FN4O. The lowest BCUT2D eigenvalue weighted by Gasteiger charge is -2.34. The molecule has 3 rings (SSSR count). The van der Waals surface area contributed by atoms with Gasteiger partial charge in [0.25, 0.3) is 0 Å². The lowest BCUT2D eigenvalue weighted by molar-refractivity contribution is 0.177. The molecule has 2 fully saturated rings. The van der Waals surface area contributed by atoms with Crippen LogP contribution in [0.3, 0.4) is 0 Å². The van der Waals surface area contributed by atoms with Gasteiger partial charge in [-0.15, -0.1) is 0 Å². The number of ether oxygens (including phenoxy) is 1. The molecule has 1 aromatic rings. The van der Waals surface area contributed by atoms with Gasteiger partial charge in [-0.25, -0.2) is 14.4 Å². The number of alkyl halides is 1. The van der Waals surface area contributed by atoms with Gasteiger partial charge in [-0.1, -0.05) is 0 Å². The van der Waals surface area contributed by atoms with Gasteiger partial charge in [-0.05, 0) is 25.7 Å². The van der Waals surface area contributed by atoms with E-state index in [0.29, 0.717) is 50.3 Å². The molecule has 0 aromatic carbocycles. The Hall–Kier alpha value is -1.27. The summed E-state index contributed by atoms with van der Waals surface area (Å²) in [7, 11) is 1.64. The second-order valence-corrected chi connectivity index (χ2v) is 6.09. The lowest BCUT2D eigenvalue weighted by atomic mass is 9.78. The van der Waals surface area contributed by atoms with E-state index in [9.17, 15) is 4.39 Å². The highest BCUT2D eigenvalue weighted by molar-refractivity contribution is 5.41. The number of halogens is 1. The van der Waals surface area contributed by atoms with Crippen LogP contribution in [0.4, 0.5) is 10.2 Å². The third kappa shape index (κ3) is 3.32. The van der Waals surface area contributed by atoms with E-state index < -0.39 is 6.17 Å². The topological polar surface area (TPSA) is 64.3 Å². The van der Waals surface area contributed by atoms with Crippen molar-refractivity contribution in [3.05, 3.63) is 17.6 Å². The molecule has 1 aliphatic carbocycles. The number of piperidine rings is 1. The molecule has 2 aliphatic rings. The van der Waals surface area contributed by atoms with E-state index in [0.717, 1.165) is 24.4 Å². The SMILES string of the molecule is COCc1nc(C2CC(N)C2)cc(N2CCC(F)CC2)n1. The Balaban J connectivity index is 1.81. The van der Waals surface area contributed by atoms with E-state index in [2.05, 4.69) is 14.9 Å². The molecule has 6 heteroatoms. The lowest BCUT2D eigenvalue weighted by Crippen LogP contribution is -2.37. The van der Waals surface area contributed by atoms with Crippen molar-refractivity contribution in [2.75, 3.05) is 25.1 Å². The zero-order valence-electron chi connectivity index (χ0n) is 12.5. The fourth-order valence-corrected chi connectivity index (χ4v) is 3.05. The van der Waals surface area contributed by atoms with Crippen LogP contribution < -0.4 is 10.6 Å². The van der Waals surface area contributed by atoms with Crippen LogP contribution in [0.15, 0.2) is 6.07 Å². The Kier molecular flexibility index (Phi) is 4.35. The Morgan fingerprint density at radius 2 is 2.05 bits per heavy atom. The highest BCUT2D eigenvalue weighted by Gasteiger charge is 2.30. The number of methoxy groups -OCH3 is 1. The summed E-state index contributed by atoms with van der Waals surface area (Å²) in [6, 6.07) is 2.34. The van der Waals surface area contributed by atoms with Gasteiger partial charge < -0.3 is 15.4 Å². The summed E-state index contributed by atoms with van der Waals surface area (Å²) in [5.74, 6) is 2.03. The summed E-state index contributed by atoms with van der Waals surface area (Å²) < 4.78 is 18.5. The van der Waals surface area contributed by atoms with Gasteiger partial charge in [0, 0.05) is 43.9 Å². The van der Waals surface area contributed by atoms with Gasteiger partial charge in [0.05, 0.1) is 0 Å². The maximum atomic E-state index is 13.3. The zero-order chi connectivity index (χ0) is 14.8. The predicted octanol–water partition coefficient (Wildman–Crippen LogP) is 1.77. The van der Waals surface area contributed by atoms with Crippen LogP contribution in [0.1, 0.15) is 43.1 Å². The largest absolute Gasteiger partial charge is 0.377 e. The van der Waals surface area contributed by atoms with Crippen molar-refractivity contribution in [2.24, 2.45) is 5.73 Å². The second kappa shape index (κ2) is 6.23.